The summed E-state index contributed by atoms with van der Waals surface area (Å²) in [5.41, 5.74) is 2.61. The van der Waals surface area contributed by atoms with Crippen LogP contribution in [0.15, 0.2) is 29.1 Å². The summed E-state index contributed by atoms with van der Waals surface area (Å²) in [4.78, 5) is 38.2. The normalized spacial score (nSPS) is 10.6. The third kappa shape index (κ3) is 4.81. The van der Waals surface area contributed by atoms with E-state index in [1.54, 1.807) is 20.9 Å². The predicted molar refractivity (Wildman–Crippen MR) is 102 cm³/mol. The van der Waals surface area contributed by atoms with Crippen LogP contribution < -0.4 is 5.56 Å². The van der Waals surface area contributed by atoms with Gasteiger partial charge in [0.2, 0.25) is 0 Å². The van der Waals surface area contributed by atoms with E-state index in [0.717, 1.165) is 16.7 Å². The number of hydrogen-bond donors (Lipinski definition) is 0. The average Bonchev–Trinajstić information content (AvgIpc) is 2.65. The van der Waals surface area contributed by atoms with E-state index in [1.807, 2.05) is 24.3 Å². The number of likely N-dealkylation sites (N-methyl/N-ethyl adjacent to an activating group) is 1. The molecule has 7 nitrogen and oxygen atoms in total. The van der Waals surface area contributed by atoms with Crippen LogP contribution in [-0.2, 0) is 29.5 Å². The molecule has 0 bridgehead atoms. The summed E-state index contributed by atoms with van der Waals surface area (Å²) in [5.74, 6) is -1.16. The first-order valence-electron chi connectivity index (χ1n) is 8.78. The number of aryl methyl sites for hydroxylation is 3. The van der Waals surface area contributed by atoms with E-state index in [2.05, 4.69) is 12.0 Å². The van der Waals surface area contributed by atoms with Crippen LogP contribution in [0, 0.1) is 13.8 Å². The van der Waals surface area contributed by atoms with Gasteiger partial charge in [-0.05, 0) is 37.0 Å². The van der Waals surface area contributed by atoms with Crippen molar-refractivity contribution in [2.24, 2.45) is 7.05 Å². The molecule has 0 aliphatic heterocycles. The van der Waals surface area contributed by atoms with Crippen molar-refractivity contribution in [1.29, 1.82) is 0 Å². The van der Waals surface area contributed by atoms with Crippen LogP contribution in [0.4, 0.5) is 0 Å². The first kappa shape index (κ1) is 20.4. The van der Waals surface area contributed by atoms with Crippen molar-refractivity contribution in [3.63, 3.8) is 0 Å². The van der Waals surface area contributed by atoms with E-state index in [0.29, 0.717) is 17.8 Å². The SMILES string of the molecule is CCc1ccc(CN(C)C(=O)COC(=O)c2c(C)c(C)nn(C)c2=O)cc1. The van der Waals surface area contributed by atoms with Gasteiger partial charge in [-0.1, -0.05) is 31.2 Å². The second-order valence-electron chi connectivity index (χ2n) is 6.51. The molecular weight excluding hydrogens is 346 g/mol. The van der Waals surface area contributed by atoms with Crippen molar-refractivity contribution in [3.05, 3.63) is 62.6 Å². The van der Waals surface area contributed by atoms with Crippen LogP contribution in [0.1, 0.15) is 39.7 Å². The summed E-state index contributed by atoms with van der Waals surface area (Å²) in [6.45, 7) is 5.41. The van der Waals surface area contributed by atoms with Crippen LogP contribution in [0.25, 0.3) is 0 Å². The Hall–Kier alpha value is -2.96. The molecule has 0 atom stereocenters. The van der Waals surface area contributed by atoms with Crippen molar-refractivity contribution in [3.8, 4) is 0 Å². The molecule has 7 heteroatoms. The second-order valence-corrected chi connectivity index (χ2v) is 6.51. The van der Waals surface area contributed by atoms with Gasteiger partial charge in [-0.3, -0.25) is 9.59 Å². The molecule has 0 radical (unpaired) electrons. The average molecular weight is 371 g/mol. The lowest BCUT2D eigenvalue weighted by atomic mass is 10.1. The molecule has 2 rings (SSSR count). The lowest BCUT2D eigenvalue weighted by Crippen LogP contribution is -2.33. The number of aromatic nitrogens is 2. The largest absolute Gasteiger partial charge is 0.452 e. The topological polar surface area (TPSA) is 81.5 Å². The van der Waals surface area contributed by atoms with Gasteiger partial charge in [-0.25, -0.2) is 9.48 Å². The molecule has 2 aromatic rings. The molecule has 0 aliphatic carbocycles. The Morgan fingerprint density at radius 1 is 1.15 bits per heavy atom. The summed E-state index contributed by atoms with van der Waals surface area (Å²) in [6, 6.07) is 8.00. The summed E-state index contributed by atoms with van der Waals surface area (Å²) in [5, 5.41) is 4.02. The Balaban J connectivity index is 2.00. The van der Waals surface area contributed by atoms with E-state index in [-0.39, 0.29) is 11.5 Å². The summed E-state index contributed by atoms with van der Waals surface area (Å²) >= 11 is 0. The third-order valence-corrected chi connectivity index (χ3v) is 4.53. The van der Waals surface area contributed by atoms with E-state index in [9.17, 15) is 14.4 Å². The van der Waals surface area contributed by atoms with Crippen LogP contribution in [0.5, 0.6) is 0 Å². The van der Waals surface area contributed by atoms with Crippen molar-refractivity contribution >= 4 is 11.9 Å². The van der Waals surface area contributed by atoms with Gasteiger partial charge in [0.1, 0.15) is 5.56 Å². The molecule has 0 saturated heterocycles. The van der Waals surface area contributed by atoms with Crippen LogP contribution >= 0.6 is 0 Å². The Morgan fingerprint density at radius 2 is 1.74 bits per heavy atom. The predicted octanol–water partition coefficient (Wildman–Crippen LogP) is 1.77. The number of amides is 1. The highest BCUT2D eigenvalue weighted by Gasteiger charge is 2.21. The molecule has 0 saturated carbocycles. The second kappa shape index (κ2) is 8.62. The maximum Gasteiger partial charge on any atom is 0.344 e. The van der Waals surface area contributed by atoms with Gasteiger partial charge in [0.05, 0.1) is 5.69 Å². The standard InChI is InChI=1S/C20H25N3O4/c1-6-15-7-9-16(10-8-15)11-22(4)17(24)12-27-20(26)18-13(2)14(3)21-23(5)19(18)25/h7-10H,6,11-12H2,1-5H3. The maximum absolute atomic E-state index is 12.3. The van der Waals surface area contributed by atoms with Crippen LogP contribution in [0.3, 0.4) is 0 Å². The molecule has 27 heavy (non-hydrogen) atoms. The van der Waals surface area contributed by atoms with Gasteiger partial charge >= 0.3 is 5.97 Å². The van der Waals surface area contributed by atoms with E-state index in [1.165, 1.54) is 17.5 Å². The molecule has 1 aromatic heterocycles. The Labute approximate surface area is 158 Å². The highest BCUT2D eigenvalue weighted by atomic mass is 16.5. The summed E-state index contributed by atoms with van der Waals surface area (Å²) in [6.07, 6.45) is 0.957. The van der Waals surface area contributed by atoms with Gasteiger partial charge in [0, 0.05) is 20.6 Å². The van der Waals surface area contributed by atoms with Crippen molar-refractivity contribution in [1.82, 2.24) is 14.7 Å². The number of benzene rings is 1. The molecular formula is C20H25N3O4. The monoisotopic (exact) mass is 371 g/mol. The van der Waals surface area contributed by atoms with Crippen LogP contribution in [0.2, 0.25) is 0 Å². The number of hydrogen-bond acceptors (Lipinski definition) is 5. The van der Waals surface area contributed by atoms with Gasteiger partial charge in [0.25, 0.3) is 11.5 Å². The number of ether oxygens (including phenoxy) is 1. The number of rotatable bonds is 6. The number of nitrogens with zero attached hydrogens (tertiary/aromatic N) is 3. The molecule has 0 aliphatic rings. The van der Waals surface area contributed by atoms with E-state index >= 15 is 0 Å². The number of carbonyl (C=O) groups is 2. The fourth-order valence-electron chi connectivity index (χ4n) is 2.64. The molecule has 1 aromatic carbocycles. The lowest BCUT2D eigenvalue weighted by Gasteiger charge is -2.17. The molecule has 0 unspecified atom stereocenters. The van der Waals surface area contributed by atoms with Crippen molar-refractivity contribution < 1.29 is 14.3 Å². The Kier molecular flexibility index (Phi) is 6.50. The minimum Gasteiger partial charge on any atom is -0.452 e. The van der Waals surface area contributed by atoms with Gasteiger partial charge < -0.3 is 9.64 Å². The highest BCUT2D eigenvalue weighted by Crippen LogP contribution is 2.09. The van der Waals surface area contributed by atoms with Gasteiger partial charge in [0.15, 0.2) is 6.61 Å². The van der Waals surface area contributed by atoms with Gasteiger partial charge in [-0.15, -0.1) is 0 Å². The molecule has 0 N–H and O–H groups in total. The van der Waals surface area contributed by atoms with Gasteiger partial charge in [-0.2, -0.15) is 5.10 Å². The zero-order valence-electron chi connectivity index (χ0n) is 16.4. The zero-order chi connectivity index (χ0) is 20.1. The fourth-order valence-corrected chi connectivity index (χ4v) is 2.64. The van der Waals surface area contributed by atoms with Crippen molar-refractivity contribution in [2.75, 3.05) is 13.7 Å². The fraction of sp³-hybridized carbons (Fsp3) is 0.400. The number of esters is 1. The first-order valence-corrected chi connectivity index (χ1v) is 8.78. The molecule has 1 amide bonds. The molecule has 144 valence electrons. The van der Waals surface area contributed by atoms with E-state index < -0.39 is 18.1 Å². The van der Waals surface area contributed by atoms with E-state index in [4.69, 9.17) is 4.74 Å². The van der Waals surface area contributed by atoms with Crippen LogP contribution in [-0.4, -0.2) is 40.2 Å². The minimum atomic E-state index is -0.812. The Bertz CT molecular complexity index is 901. The zero-order valence-corrected chi connectivity index (χ0v) is 16.4. The maximum atomic E-state index is 12.3. The first-order chi connectivity index (χ1) is 12.7. The lowest BCUT2D eigenvalue weighted by molar-refractivity contribution is -0.133. The minimum absolute atomic E-state index is 0.0874. The summed E-state index contributed by atoms with van der Waals surface area (Å²) < 4.78 is 6.18. The third-order valence-electron chi connectivity index (χ3n) is 4.53. The smallest absolute Gasteiger partial charge is 0.344 e. The molecule has 1 heterocycles. The molecule has 0 fully saturated rings. The summed E-state index contributed by atoms with van der Waals surface area (Å²) in [7, 11) is 3.11. The Morgan fingerprint density at radius 3 is 2.33 bits per heavy atom. The quantitative estimate of drug-likeness (QED) is 0.723. The van der Waals surface area contributed by atoms with Crippen molar-refractivity contribution in [2.45, 2.75) is 33.7 Å². The molecule has 0 spiro atoms. The number of carbonyl (C=O) groups excluding carboxylic acids is 2. The highest BCUT2D eigenvalue weighted by molar-refractivity contribution is 5.92.